The fraction of sp³-hybridized carbons (Fsp3) is 0.286. The van der Waals surface area contributed by atoms with Crippen LogP contribution in [0.4, 0.5) is 0 Å². The largest absolute Gasteiger partial charge is 0.457 e. The minimum Gasteiger partial charge on any atom is -0.457 e. The normalized spacial score (nSPS) is 11.3. The van der Waals surface area contributed by atoms with E-state index in [0.717, 1.165) is 0 Å². The number of benzene rings is 1. The van der Waals surface area contributed by atoms with Gasteiger partial charge in [0.1, 0.15) is 5.60 Å². The van der Waals surface area contributed by atoms with Crippen LogP contribution < -0.4 is 5.32 Å². The van der Waals surface area contributed by atoms with Crippen molar-refractivity contribution in [2.24, 2.45) is 0 Å². The zero-order valence-electron chi connectivity index (χ0n) is 10.8. The summed E-state index contributed by atoms with van der Waals surface area (Å²) in [7, 11) is 0. The van der Waals surface area contributed by atoms with Gasteiger partial charge in [-0.3, -0.25) is 4.79 Å². The number of rotatable bonds is 3. The molecule has 4 nitrogen and oxygen atoms in total. The number of nitrogens with one attached hydrogen (secondary N) is 1. The minimum atomic E-state index is -0.537. The summed E-state index contributed by atoms with van der Waals surface area (Å²) in [5.74, 6) is -0.758. The van der Waals surface area contributed by atoms with Crippen LogP contribution in [0, 0.1) is 0 Å². The Balaban J connectivity index is 2.46. The van der Waals surface area contributed by atoms with Crippen molar-refractivity contribution in [3.8, 4) is 0 Å². The number of carbonyl (C=O) groups is 2. The molecular formula is C14H17NO3. The van der Waals surface area contributed by atoms with Gasteiger partial charge in [-0.15, -0.1) is 0 Å². The van der Waals surface area contributed by atoms with Crippen molar-refractivity contribution in [1.29, 1.82) is 0 Å². The van der Waals surface area contributed by atoms with Crippen LogP contribution >= 0.6 is 0 Å². The monoisotopic (exact) mass is 247 g/mol. The Labute approximate surface area is 107 Å². The fourth-order valence-electron chi connectivity index (χ4n) is 1.19. The quantitative estimate of drug-likeness (QED) is 0.658. The molecule has 0 aliphatic carbocycles. The summed E-state index contributed by atoms with van der Waals surface area (Å²) in [4.78, 5) is 22.9. The molecule has 0 saturated carbocycles. The van der Waals surface area contributed by atoms with Crippen LogP contribution in [0.3, 0.4) is 0 Å². The van der Waals surface area contributed by atoms with E-state index in [2.05, 4.69) is 5.32 Å². The Hall–Kier alpha value is -2.10. The summed E-state index contributed by atoms with van der Waals surface area (Å²) in [5, 5.41) is 2.50. The highest BCUT2D eigenvalue weighted by Gasteiger charge is 2.13. The molecule has 0 spiro atoms. The molecular weight excluding hydrogens is 230 g/mol. The van der Waals surface area contributed by atoms with E-state index in [1.54, 1.807) is 45.0 Å². The van der Waals surface area contributed by atoms with Gasteiger partial charge in [-0.2, -0.15) is 0 Å². The van der Waals surface area contributed by atoms with E-state index >= 15 is 0 Å². The van der Waals surface area contributed by atoms with Gasteiger partial charge in [0.15, 0.2) is 0 Å². The molecule has 1 aromatic rings. The first-order valence-corrected chi connectivity index (χ1v) is 5.64. The molecule has 0 saturated heterocycles. The highest BCUT2D eigenvalue weighted by atomic mass is 16.6. The molecule has 0 aliphatic rings. The average Bonchev–Trinajstić information content (AvgIpc) is 2.27. The molecule has 0 aliphatic heterocycles. The summed E-state index contributed by atoms with van der Waals surface area (Å²) in [6.45, 7) is 5.34. The fourth-order valence-corrected chi connectivity index (χ4v) is 1.19. The molecule has 1 N–H and O–H groups in total. The summed E-state index contributed by atoms with van der Waals surface area (Å²) in [6.07, 6.45) is 2.47. The highest BCUT2D eigenvalue weighted by molar-refractivity contribution is 5.95. The Morgan fingerprint density at radius 2 is 1.78 bits per heavy atom. The van der Waals surface area contributed by atoms with E-state index in [4.69, 9.17) is 4.74 Å². The molecule has 0 fully saturated rings. The first kappa shape index (κ1) is 14.0. The third-order valence-electron chi connectivity index (χ3n) is 1.88. The first-order chi connectivity index (χ1) is 8.38. The van der Waals surface area contributed by atoms with Gasteiger partial charge in [0.2, 0.25) is 0 Å². The Bertz CT molecular complexity index is 444. The number of ether oxygens (including phenoxy) is 1. The van der Waals surface area contributed by atoms with Crippen LogP contribution in [0.5, 0.6) is 0 Å². The number of esters is 1. The second-order valence-corrected chi connectivity index (χ2v) is 4.71. The standard InChI is InChI=1S/C14H17NO3/c1-14(2,3)18-12(16)9-10-15-13(17)11-7-5-4-6-8-11/h4-10H,1-3H3,(H,15,17)/b10-9+. The summed E-state index contributed by atoms with van der Waals surface area (Å²) in [5.41, 5.74) is -0.00320. The zero-order valence-corrected chi connectivity index (χ0v) is 10.8. The number of carbonyl (C=O) groups excluding carboxylic acids is 2. The Morgan fingerprint density at radius 3 is 2.33 bits per heavy atom. The lowest BCUT2D eigenvalue weighted by molar-refractivity contribution is -0.148. The predicted octanol–water partition coefficient (Wildman–Crippen LogP) is 2.27. The van der Waals surface area contributed by atoms with Gasteiger partial charge >= 0.3 is 5.97 Å². The van der Waals surface area contributed by atoms with Gasteiger partial charge in [0.25, 0.3) is 5.91 Å². The van der Waals surface area contributed by atoms with Crippen molar-refractivity contribution in [3.05, 3.63) is 48.2 Å². The van der Waals surface area contributed by atoms with E-state index in [-0.39, 0.29) is 5.91 Å². The lowest BCUT2D eigenvalue weighted by atomic mass is 10.2. The smallest absolute Gasteiger partial charge is 0.332 e. The average molecular weight is 247 g/mol. The molecule has 96 valence electrons. The van der Waals surface area contributed by atoms with E-state index in [1.807, 2.05) is 6.07 Å². The van der Waals surface area contributed by atoms with E-state index in [9.17, 15) is 9.59 Å². The minimum absolute atomic E-state index is 0.268. The summed E-state index contributed by atoms with van der Waals surface area (Å²) < 4.78 is 5.05. The second kappa shape index (κ2) is 6.00. The van der Waals surface area contributed by atoms with Crippen LogP contribution in [0.1, 0.15) is 31.1 Å². The third kappa shape index (κ3) is 5.30. The van der Waals surface area contributed by atoms with Gasteiger partial charge in [-0.1, -0.05) is 18.2 Å². The van der Waals surface area contributed by atoms with Crippen molar-refractivity contribution >= 4 is 11.9 Å². The van der Waals surface area contributed by atoms with Crippen molar-refractivity contribution in [3.63, 3.8) is 0 Å². The molecule has 0 aromatic heterocycles. The maximum atomic E-state index is 11.6. The highest BCUT2D eigenvalue weighted by Crippen LogP contribution is 2.06. The van der Waals surface area contributed by atoms with Crippen molar-refractivity contribution in [1.82, 2.24) is 5.32 Å². The third-order valence-corrected chi connectivity index (χ3v) is 1.88. The van der Waals surface area contributed by atoms with Gasteiger partial charge in [0.05, 0.1) is 0 Å². The number of hydrogen-bond donors (Lipinski definition) is 1. The van der Waals surface area contributed by atoms with Crippen LogP contribution in [-0.2, 0) is 9.53 Å². The summed E-state index contributed by atoms with van der Waals surface area (Å²) >= 11 is 0. The molecule has 0 radical (unpaired) electrons. The first-order valence-electron chi connectivity index (χ1n) is 5.64. The van der Waals surface area contributed by atoms with Gasteiger partial charge < -0.3 is 10.1 Å². The van der Waals surface area contributed by atoms with Crippen molar-refractivity contribution in [2.75, 3.05) is 0 Å². The lowest BCUT2D eigenvalue weighted by Gasteiger charge is -2.17. The lowest BCUT2D eigenvalue weighted by Crippen LogP contribution is -2.23. The van der Waals surface area contributed by atoms with Crippen LogP contribution in [-0.4, -0.2) is 17.5 Å². The van der Waals surface area contributed by atoms with Crippen LogP contribution in [0.25, 0.3) is 0 Å². The number of hydrogen-bond acceptors (Lipinski definition) is 3. The maximum Gasteiger partial charge on any atom is 0.332 e. The maximum absolute atomic E-state index is 11.6. The molecule has 0 atom stereocenters. The van der Waals surface area contributed by atoms with E-state index < -0.39 is 11.6 Å². The Morgan fingerprint density at radius 1 is 1.17 bits per heavy atom. The molecule has 1 rings (SSSR count). The Kier molecular flexibility index (Phi) is 4.66. The van der Waals surface area contributed by atoms with Gasteiger partial charge in [-0.25, -0.2) is 4.79 Å². The van der Waals surface area contributed by atoms with Gasteiger partial charge in [0, 0.05) is 17.8 Å². The SMILES string of the molecule is CC(C)(C)OC(=O)/C=C/NC(=O)c1ccccc1. The number of amides is 1. The molecule has 18 heavy (non-hydrogen) atoms. The molecule has 0 heterocycles. The topological polar surface area (TPSA) is 55.4 Å². The van der Waals surface area contributed by atoms with E-state index in [1.165, 1.54) is 12.3 Å². The molecule has 0 bridgehead atoms. The molecule has 4 heteroatoms. The summed E-state index contributed by atoms with van der Waals surface area (Å²) in [6, 6.07) is 8.75. The van der Waals surface area contributed by atoms with Crippen molar-refractivity contribution in [2.45, 2.75) is 26.4 Å². The second-order valence-electron chi connectivity index (χ2n) is 4.71. The molecule has 0 unspecified atom stereocenters. The van der Waals surface area contributed by atoms with Crippen LogP contribution in [0.15, 0.2) is 42.6 Å². The van der Waals surface area contributed by atoms with Gasteiger partial charge in [-0.05, 0) is 32.9 Å². The van der Waals surface area contributed by atoms with E-state index in [0.29, 0.717) is 5.56 Å². The van der Waals surface area contributed by atoms with Crippen molar-refractivity contribution < 1.29 is 14.3 Å². The predicted molar refractivity (Wildman–Crippen MR) is 68.9 cm³/mol. The molecule has 1 amide bonds. The molecule has 1 aromatic carbocycles. The zero-order chi connectivity index (χ0) is 13.6. The van der Waals surface area contributed by atoms with Crippen LogP contribution in [0.2, 0.25) is 0 Å².